The molecule has 1 aliphatic heterocycles. The Hall–Kier alpha value is -3.08. The van der Waals surface area contributed by atoms with Crippen molar-refractivity contribution in [2.75, 3.05) is 13.1 Å². The van der Waals surface area contributed by atoms with Crippen molar-refractivity contribution in [3.05, 3.63) is 78.8 Å². The first kappa shape index (κ1) is 22.7. The van der Waals surface area contributed by atoms with E-state index >= 15 is 0 Å². The fraction of sp³-hybridized carbons (Fsp3) is 0.250. The van der Waals surface area contributed by atoms with E-state index < -0.39 is 10.0 Å². The van der Waals surface area contributed by atoms with Crippen LogP contribution in [0, 0.1) is 5.92 Å². The van der Waals surface area contributed by atoms with Crippen LogP contribution in [0.2, 0.25) is 0 Å². The lowest BCUT2D eigenvalue weighted by atomic mass is 9.91. The van der Waals surface area contributed by atoms with Crippen molar-refractivity contribution < 1.29 is 8.42 Å². The van der Waals surface area contributed by atoms with E-state index in [9.17, 15) is 8.42 Å². The number of sulfonamides is 1. The van der Waals surface area contributed by atoms with Gasteiger partial charge in [-0.15, -0.1) is 5.10 Å². The lowest BCUT2D eigenvalue weighted by Crippen LogP contribution is -2.38. The average molecular weight is 493 g/mol. The van der Waals surface area contributed by atoms with Gasteiger partial charge in [-0.3, -0.25) is 10.1 Å². The lowest BCUT2D eigenvalue weighted by molar-refractivity contribution is 0.273. The molecule has 3 aromatic heterocycles. The molecule has 1 fully saturated rings. The van der Waals surface area contributed by atoms with Gasteiger partial charge in [0.2, 0.25) is 15.2 Å². The normalized spacial score (nSPS) is 15.4. The Morgan fingerprint density at radius 2 is 1.76 bits per heavy atom. The first-order valence-corrected chi connectivity index (χ1v) is 13.3. The molecule has 0 radical (unpaired) electrons. The molecule has 4 aromatic rings. The number of aromatic nitrogens is 5. The first-order chi connectivity index (χ1) is 16.6. The average Bonchev–Trinajstić information content (AvgIpc) is 3.34. The first-order valence-electron chi connectivity index (χ1n) is 11.1. The van der Waals surface area contributed by atoms with Crippen molar-refractivity contribution in [1.29, 1.82) is 0 Å². The Kier molecular flexibility index (Phi) is 6.70. The summed E-state index contributed by atoms with van der Waals surface area (Å²) in [6.45, 7) is 1.07. The Morgan fingerprint density at radius 1 is 1.00 bits per heavy atom. The summed E-state index contributed by atoms with van der Waals surface area (Å²) in [5.41, 5.74) is 2.19. The number of pyridine rings is 2. The Labute approximate surface area is 202 Å². The zero-order valence-electron chi connectivity index (χ0n) is 18.4. The number of hydrogen-bond donors (Lipinski definition) is 1. The SMILES string of the molecule is O=S(=O)(c1ccc(Sc2n[nH]c(-c3ccncc3)n2)nc1)N1CCC(Cc2ccccc2)CC1. The molecule has 5 rings (SSSR count). The van der Waals surface area contributed by atoms with Gasteiger partial charge >= 0.3 is 0 Å². The number of aromatic amines is 1. The van der Waals surface area contributed by atoms with E-state index in [2.05, 4.69) is 37.3 Å². The van der Waals surface area contributed by atoms with Gasteiger partial charge in [0.25, 0.3) is 0 Å². The maximum atomic E-state index is 13.1. The van der Waals surface area contributed by atoms with E-state index in [0.29, 0.717) is 35.0 Å². The topological polar surface area (TPSA) is 105 Å². The predicted molar refractivity (Wildman–Crippen MR) is 130 cm³/mol. The van der Waals surface area contributed by atoms with Crippen molar-refractivity contribution in [1.82, 2.24) is 29.5 Å². The minimum absolute atomic E-state index is 0.214. The molecule has 8 nitrogen and oxygen atoms in total. The molecule has 174 valence electrons. The number of nitrogens with one attached hydrogen (secondary N) is 1. The molecule has 1 saturated heterocycles. The highest BCUT2D eigenvalue weighted by Crippen LogP contribution is 2.28. The van der Waals surface area contributed by atoms with Crippen LogP contribution in [0.3, 0.4) is 0 Å². The minimum Gasteiger partial charge on any atom is -0.265 e. The summed E-state index contributed by atoms with van der Waals surface area (Å²) in [5, 5.41) is 8.24. The Balaban J connectivity index is 1.20. The summed E-state index contributed by atoms with van der Waals surface area (Å²) in [7, 11) is -3.56. The Morgan fingerprint density at radius 3 is 2.47 bits per heavy atom. The van der Waals surface area contributed by atoms with Gasteiger partial charge in [0, 0.05) is 37.2 Å². The minimum atomic E-state index is -3.56. The number of hydrogen-bond acceptors (Lipinski definition) is 7. The monoisotopic (exact) mass is 492 g/mol. The van der Waals surface area contributed by atoms with Crippen LogP contribution in [0.4, 0.5) is 0 Å². The van der Waals surface area contributed by atoms with Crippen LogP contribution in [0.5, 0.6) is 0 Å². The quantitative estimate of drug-likeness (QED) is 0.415. The second-order valence-corrected chi connectivity index (χ2v) is 11.1. The molecular weight excluding hydrogens is 468 g/mol. The van der Waals surface area contributed by atoms with Crippen molar-refractivity contribution >= 4 is 21.8 Å². The third kappa shape index (κ3) is 5.19. The number of H-pyrrole nitrogens is 1. The third-order valence-electron chi connectivity index (χ3n) is 5.90. The second-order valence-electron chi connectivity index (χ2n) is 8.17. The summed E-state index contributed by atoms with van der Waals surface area (Å²) in [4.78, 5) is 13.0. The summed E-state index contributed by atoms with van der Waals surface area (Å²) >= 11 is 1.27. The van der Waals surface area contributed by atoms with Gasteiger partial charge < -0.3 is 0 Å². The van der Waals surface area contributed by atoms with E-state index in [1.54, 1.807) is 28.8 Å². The van der Waals surface area contributed by atoms with Gasteiger partial charge in [-0.05, 0) is 66.8 Å². The van der Waals surface area contributed by atoms with Crippen molar-refractivity contribution in [2.24, 2.45) is 5.92 Å². The van der Waals surface area contributed by atoms with Gasteiger partial charge in [-0.25, -0.2) is 18.4 Å². The zero-order valence-corrected chi connectivity index (χ0v) is 20.0. The van der Waals surface area contributed by atoms with Gasteiger partial charge in [-0.1, -0.05) is 30.3 Å². The number of piperidine rings is 1. The van der Waals surface area contributed by atoms with Crippen molar-refractivity contribution in [3.8, 4) is 11.4 Å². The largest absolute Gasteiger partial charge is 0.265 e. The number of benzene rings is 1. The number of nitrogens with zero attached hydrogens (tertiary/aromatic N) is 5. The molecular formula is C24H24N6O2S2. The van der Waals surface area contributed by atoms with Crippen LogP contribution in [0.25, 0.3) is 11.4 Å². The molecule has 1 N–H and O–H groups in total. The van der Waals surface area contributed by atoms with Crippen LogP contribution >= 0.6 is 11.8 Å². The zero-order chi connectivity index (χ0) is 23.4. The van der Waals surface area contributed by atoms with Crippen LogP contribution in [-0.2, 0) is 16.4 Å². The smallest absolute Gasteiger partial charge is 0.244 e. The molecule has 0 unspecified atom stereocenters. The third-order valence-corrected chi connectivity index (χ3v) is 8.60. The van der Waals surface area contributed by atoms with Gasteiger partial charge in [0.05, 0.1) is 0 Å². The lowest BCUT2D eigenvalue weighted by Gasteiger charge is -2.31. The molecule has 0 bridgehead atoms. The van der Waals surface area contributed by atoms with E-state index in [1.807, 2.05) is 30.3 Å². The highest BCUT2D eigenvalue weighted by molar-refractivity contribution is 7.99. The van der Waals surface area contributed by atoms with Crippen LogP contribution < -0.4 is 0 Å². The van der Waals surface area contributed by atoms with Gasteiger partial charge in [0.15, 0.2) is 5.82 Å². The maximum absolute atomic E-state index is 13.1. The van der Waals surface area contributed by atoms with E-state index in [1.165, 1.54) is 23.5 Å². The van der Waals surface area contributed by atoms with E-state index in [0.717, 1.165) is 24.8 Å². The molecule has 0 aliphatic carbocycles. The summed E-state index contributed by atoms with van der Waals surface area (Å²) in [6.07, 6.45) is 7.52. The van der Waals surface area contributed by atoms with Crippen LogP contribution in [-0.4, -0.2) is 51.0 Å². The molecule has 0 atom stereocenters. The molecule has 10 heteroatoms. The van der Waals surface area contributed by atoms with Gasteiger partial charge in [0.1, 0.15) is 9.92 Å². The van der Waals surface area contributed by atoms with Crippen molar-refractivity contribution in [2.45, 2.75) is 34.3 Å². The molecule has 1 aromatic carbocycles. The number of rotatable bonds is 7. The molecule has 0 spiro atoms. The second kappa shape index (κ2) is 10.0. The molecule has 4 heterocycles. The summed E-state index contributed by atoms with van der Waals surface area (Å²) in [6, 6.07) is 17.4. The summed E-state index contributed by atoms with van der Waals surface area (Å²) in [5.74, 6) is 1.14. The van der Waals surface area contributed by atoms with E-state index in [-0.39, 0.29) is 4.90 Å². The summed E-state index contributed by atoms with van der Waals surface area (Å²) < 4.78 is 27.8. The van der Waals surface area contributed by atoms with Crippen LogP contribution in [0.15, 0.2) is 88.3 Å². The van der Waals surface area contributed by atoms with E-state index in [4.69, 9.17) is 0 Å². The predicted octanol–water partition coefficient (Wildman–Crippen LogP) is 4.06. The maximum Gasteiger partial charge on any atom is 0.244 e. The molecule has 34 heavy (non-hydrogen) atoms. The highest BCUT2D eigenvalue weighted by Gasteiger charge is 2.29. The fourth-order valence-corrected chi connectivity index (χ4v) is 6.13. The molecule has 0 saturated carbocycles. The molecule has 0 amide bonds. The fourth-order valence-electron chi connectivity index (χ4n) is 4.05. The van der Waals surface area contributed by atoms with Gasteiger partial charge in [-0.2, -0.15) is 4.31 Å². The van der Waals surface area contributed by atoms with Crippen LogP contribution in [0.1, 0.15) is 18.4 Å². The standard InChI is InChI=1S/C24H24N6O2S2/c31-34(32,30-14-10-19(11-15-30)16-18-4-2-1-3-5-18)21-6-7-22(26-17-21)33-24-27-23(28-29-24)20-8-12-25-13-9-20/h1-9,12-13,17,19H,10-11,14-16H2,(H,27,28,29). The Bertz CT molecular complexity index is 1320. The van der Waals surface area contributed by atoms with Crippen molar-refractivity contribution in [3.63, 3.8) is 0 Å². The molecule has 1 aliphatic rings. The highest BCUT2D eigenvalue weighted by atomic mass is 32.2.